The summed E-state index contributed by atoms with van der Waals surface area (Å²) in [6.45, 7) is 4.96. The van der Waals surface area contributed by atoms with Crippen LogP contribution in [-0.4, -0.2) is 35.8 Å². The third kappa shape index (κ3) is 4.70. The van der Waals surface area contributed by atoms with E-state index in [1.54, 1.807) is 11.3 Å². The monoisotopic (exact) mass is 257 g/mol. The largest absolute Gasteiger partial charge is 0.395 e. The van der Waals surface area contributed by atoms with Crippen molar-refractivity contribution in [1.82, 2.24) is 15.6 Å². The van der Waals surface area contributed by atoms with Gasteiger partial charge in [0.15, 0.2) is 0 Å². The summed E-state index contributed by atoms with van der Waals surface area (Å²) in [4.78, 5) is 16.9. The van der Waals surface area contributed by atoms with Gasteiger partial charge in [-0.3, -0.25) is 0 Å². The van der Waals surface area contributed by atoms with Gasteiger partial charge in [-0.2, -0.15) is 0 Å². The van der Waals surface area contributed by atoms with E-state index >= 15 is 0 Å². The molecule has 5 nitrogen and oxygen atoms in total. The SMILES string of the molecule is CCc1nc(CCNC(=O)NCCO)sc1C. The van der Waals surface area contributed by atoms with E-state index in [1.165, 1.54) is 4.88 Å². The summed E-state index contributed by atoms with van der Waals surface area (Å²) in [7, 11) is 0. The smallest absolute Gasteiger partial charge is 0.314 e. The lowest BCUT2D eigenvalue weighted by Crippen LogP contribution is -2.37. The van der Waals surface area contributed by atoms with Crippen LogP contribution in [0.2, 0.25) is 0 Å². The van der Waals surface area contributed by atoms with Crippen molar-refractivity contribution >= 4 is 17.4 Å². The van der Waals surface area contributed by atoms with Crippen LogP contribution in [0.4, 0.5) is 4.79 Å². The van der Waals surface area contributed by atoms with Gasteiger partial charge in [0.1, 0.15) is 0 Å². The molecule has 0 atom stereocenters. The first-order valence-electron chi connectivity index (χ1n) is 5.75. The highest BCUT2D eigenvalue weighted by atomic mass is 32.1. The van der Waals surface area contributed by atoms with Gasteiger partial charge in [-0.1, -0.05) is 6.92 Å². The molecule has 1 rings (SSSR count). The molecule has 0 saturated heterocycles. The summed E-state index contributed by atoms with van der Waals surface area (Å²) in [5.74, 6) is 0. The molecule has 3 N–H and O–H groups in total. The Labute approximate surface area is 105 Å². The van der Waals surface area contributed by atoms with Crippen LogP contribution < -0.4 is 10.6 Å². The van der Waals surface area contributed by atoms with Crippen molar-refractivity contribution in [3.05, 3.63) is 15.6 Å². The predicted molar refractivity (Wildman–Crippen MR) is 68.4 cm³/mol. The van der Waals surface area contributed by atoms with Gasteiger partial charge in [0, 0.05) is 24.4 Å². The Kier molecular flexibility index (Phi) is 5.93. The molecule has 17 heavy (non-hydrogen) atoms. The highest BCUT2D eigenvalue weighted by Crippen LogP contribution is 2.17. The normalized spacial score (nSPS) is 10.3. The minimum absolute atomic E-state index is 0.0427. The third-order valence-electron chi connectivity index (χ3n) is 2.29. The van der Waals surface area contributed by atoms with Crippen LogP contribution in [0.1, 0.15) is 22.5 Å². The summed E-state index contributed by atoms with van der Waals surface area (Å²) in [5, 5.41) is 14.8. The first-order chi connectivity index (χ1) is 8.17. The molecule has 0 fully saturated rings. The van der Waals surface area contributed by atoms with E-state index in [0.29, 0.717) is 6.54 Å². The molecule has 0 radical (unpaired) electrons. The summed E-state index contributed by atoms with van der Waals surface area (Å²) < 4.78 is 0. The number of hydrogen-bond donors (Lipinski definition) is 3. The first kappa shape index (κ1) is 13.9. The van der Waals surface area contributed by atoms with Crippen LogP contribution >= 0.6 is 11.3 Å². The molecule has 0 unspecified atom stereocenters. The van der Waals surface area contributed by atoms with E-state index in [9.17, 15) is 4.79 Å². The number of nitrogens with one attached hydrogen (secondary N) is 2. The molecule has 0 aliphatic heterocycles. The van der Waals surface area contributed by atoms with Gasteiger partial charge in [-0.25, -0.2) is 9.78 Å². The Morgan fingerprint density at radius 2 is 2.12 bits per heavy atom. The first-order valence-corrected chi connectivity index (χ1v) is 6.56. The minimum atomic E-state index is -0.247. The Bertz CT molecular complexity index is 366. The second kappa shape index (κ2) is 7.24. The number of hydrogen-bond acceptors (Lipinski definition) is 4. The fraction of sp³-hybridized carbons (Fsp3) is 0.636. The number of aliphatic hydroxyl groups is 1. The summed E-state index contributed by atoms with van der Waals surface area (Å²) >= 11 is 1.69. The average Bonchev–Trinajstić information content (AvgIpc) is 2.67. The lowest BCUT2D eigenvalue weighted by atomic mass is 10.3. The minimum Gasteiger partial charge on any atom is -0.395 e. The Hall–Kier alpha value is -1.14. The third-order valence-corrected chi connectivity index (χ3v) is 3.37. The summed E-state index contributed by atoms with van der Waals surface area (Å²) in [6.07, 6.45) is 1.70. The standard InChI is InChI=1S/C11H19N3O2S/c1-3-9-8(2)17-10(14-9)4-5-12-11(16)13-6-7-15/h15H,3-7H2,1-2H3,(H2,12,13,16). The lowest BCUT2D eigenvalue weighted by molar-refractivity contribution is 0.234. The molecular formula is C11H19N3O2S. The Morgan fingerprint density at radius 1 is 1.41 bits per heavy atom. The fourth-order valence-corrected chi connectivity index (χ4v) is 2.46. The molecule has 1 aromatic heterocycles. The molecule has 1 aromatic rings. The molecule has 96 valence electrons. The highest BCUT2D eigenvalue weighted by molar-refractivity contribution is 7.11. The Balaban J connectivity index is 2.28. The number of aryl methyl sites for hydroxylation is 2. The van der Waals surface area contributed by atoms with Gasteiger partial charge in [0.2, 0.25) is 0 Å². The van der Waals surface area contributed by atoms with Crippen LogP contribution in [0.5, 0.6) is 0 Å². The number of carbonyl (C=O) groups is 1. The van der Waals surface area contributed by atoms with Gasteiger partial charge >= 0.3 is 6.03 Å². The summed E-state index contributed by atoms with van der Waals surface area (Å²) in [6, 6.07) is -0.247. The average molecular weight is 257 g/mol. The van der Waals surface area contributed by atoms with Gasteiger partial charge in [-0.15, -0.1) is 11.3 Å². The topological polar surface area (TPSA) is 74.2 Å². The van der Waals surface area contributed by atoms with Crippen molar-refractivity contribution < 1.29 is 9.90 Å². The molecule has 0 saturated carbocycles. The van der Waals surface area contributed by atoms with Crippen molar-refractivity contribution in [2.75, 3.05) is 19.7 Å². The number of thiazole rings is 1. The molecule has 0 aliphatic rings. The number of aliphatic hydroxyl groups excluding tert-OH is 1. The number of urea groups is 1. The summed E-state index contributed by atoms with van der Waals surface area (Å²) in [5.41, 5.74) is 1.15. The molecule has 0 aromatic carbocycles. The zero-order valence-corrected chi connectivity index (χ0v) is 11.1. The number of amides is 2. The van der Waals surface area contributed by atoms with Crippen LogP contribution in [0.3, 0.4) is 0 Å². The molecule has 1 heterocycles. The lowest BCUT2D eigenvalue weighted by Gasteiger charge is -2.04. The van der Waals surface area contributed by atoms with Gasteiger partial charge in [0.05, 0.1) is 17.3 Å². The van der Waals surface area contributed by atoms with Crippen molar-refractivity contribution in [3.63, 3.8) is 0 Å². The fourth-order valence-electron chi connectivity index (χ4n) is 1.44. The zero-order chi connectivity index (χ0) is 12.7. The van der Waals surface area contributed by atoms with Crippen molar-refractivity contribution in [2.24, 2.45) is 0 Å². The van der Waals surface area contributed by atoms with Crippen LogP contribution in [0, 0.1) is 6.92 Å². The van der Waals surface area contributed by atoms with Gasteiger partial charge in [0.25, 0.3) is 0 Å². The Morgan fingerprint density at radius 3 is 2.71 bits per heavy atom. The zero-order valence-electron chi connectivity index (χ0n) is 10.2. The van der Waals surface area contributed by atoms with Crippen molar-refractivity contribution in [1.29, 1.82) is 0 Å². The number of aromatic nitrogens is 1. The van der Waals surface area contributed by atoms with Gasteiger partial charge < -0.3 is 15.7 Å². The van der Waals surface area contributed by atoms with Crippen molar-refractivity contribution in [3.8, 4) is 0 Å². The molecule has 2 amide bonds. The van der Waals surface area contributed by atoms with Gasteiger partial charge in [-0.05, 0) is 13.3 Å². The van der Waals surface area contributed by atoms with Crippen LogP contribution in [0.15, 0.2) is 0 Å². The van der Waals surface area contributed by atoms with E-state index in [0.717, 1.165) is 23.5 Å². The van der Waals surface area contributed by atoms with E-state index in [-0.39, 0.29) is 19.2 Å². The van der Waals surface area contributed by atoms with Crippen LogP contribution in [0.25, 0.3) is 0 Å². The van der Waals surface area contributed by atoms with E-state index in [2.05, 4.69) is 29.5 Å². The maximum Gasteiger partial charge on any atom is 0.314 e. The maximum atomic E-state index is 11.2. The van der Waals surface area contributed by atoms with E-state index in [4.69, 9.17) is 5.11 Å². The quantitative estimate of drug-likeness (QED) is 0.707. The number of nitrogens with zero attached hydrogens (tertiary/aromatic N) is 1. The second-order valence-corrected chi connectivity index (χ2v) is 4.91. The maximum absolute atomic E-state index is 11.2. The van der Waals surface area contributed by atoms with Crippen LogP contribution in [-0.2, 0) is 12.8 Å². The molecular weight excluding hydrogens is 238 g/mol. The predicted octanol–water partition coefficient (Wildman–Crippen LogP) is 0.848. The molecule has 0 bridgehead atoms. The van der Waals surface area contributed by atoms with E-state index < -0.39 is 0 Å². The van der Waals surface area contributed by atoms with E-state index in [1.807, 2.05) is 0 Å². The highest BCUT2D eigenvalue weighted by Gasteiger charge is 2.06. The van der Waals surface area contributed by atoms with Crippen molar-refractivity contribution in [2.45, 2.75) is 26.7 Å². The molecule has 0 spiro atoms. The molecule has 0 aliphatic carbocycles. The molecule has 6 heteroatoms. The number of rotatable bonds is 6. The second-order valence-electron chi connectivity index (χ2n) is 3.62. The number of carbonyl (C=O) groups excluding carboxylic acids is 1.